The molecule has 0 amide bonds. The van der Waals surface area contributed by atoms with Crippen molar-refractivity contribution in [2.75, 3.05) is 0 Å². The monoisotopic (exact) mass is 259 g/mol. The number of ether oxygens (including phenoxy) is 1. The molecule has 0 bridgehead atoms. The van der Waals surface area contributed by atoms with Gasteiger partial charge in [0.25, 0.3) is 0 Å². The third kappa shape index (κ3) is 3.91. The Labute approximate surface area is 104 Å². The second-order valence-corrected chi connectivity index (χ2v) is 5.06. The zero-order valence-corrected chi connectivity index (χ0v) is 10.2. The Balaban J connectivity index is 2.05. The Bertz CT molecular complexity index is 438. The summed E-state index contributed by atoms with van der Waals surface area (Å²) in [5.41, 5.74) is 7.47. The first-order chi connectivity index (χ1) is 8.26. The Morgan fingerprint density at radius 2 is 1.94 bits per heavy atom. The predicted molar refractivity (Wildman–Crippen MR) is 62.3 cm³/mol. The minimum absolute atomic E-state index is 0.0885. The van der Waals surface area contributed by atoms with Gasteiger partial charge < -0.3 is 10.5 Å². The summed E-state index contributed by atoms with van der Waals surface area (Å²) in [7, 11) is 0. The molecule has 100 valence electrons. The van der Waals surface area contributed by atoms with E-state index < -0.39 is 6.36 Å². The minimum Gasteiger partial charge on any atom is -0.406 e. The number of hydrogen-bond donors (Lipinski definition) is 1. The van der Waals surface area contributed by atoms with Gasteiger partial charge in [-0.2, -0.15) is 0 Å². The van der Waals surface area contributed by atoms with E-state index in [1.54, 1.807) is 6.92 Å². The van der Waals surface area contributed by atoms with Crippen molar-refractivity contribution in [2.45, 2.75) is 44.5 Å². The highest BCUT2D eigenvalue weighted by atomic mass is 19.4. The van der Waals surface area contributed by atoms with Crippen molar-refractivity contribution in [3.8, 4) is 5.75 Å². The third-order valence-corrected chi connectivity index (χ3v) is 3.15. The highest BCUT2D eigenvalue weighted by Crippen LogP contribution is 2.37. The lowest BCUT2D eigenvalue weighted by Gasteiger charge is -2.13. The van der Waals surface area contributed by atoms with Crippen LogP contribution in [0.2, 0.25) is 0 Å². The van der Waals surface area contributed by atoms with E-state index >= 15 is 0 Å². The van der Waals surface area contributed by atoms with Crippen LogP contribution in [0.3, 0.4) is 0 Å². The lowest BCUT2D eigenvalue weighted by atomic mass is 10.0. The van der Waals surface area contributed by atoms with Crippen LogP contribution in [0.1, 0.15) is 30.4 Å². The maximum atomic E-state index is 12.1. The van der Waals surface area contributed by atoms with Crippen molar-refractivity contribution in [3.63, 3.8) is 0 Å². The van der Waals surface area contributed by atoms with Gasteiger partial charge >= 0.3 is 6.36 Å². The first kappa shape index (κ1) is 13.2. The number of nitrogens with two attached hydrogens (primary N) is 1. The molecular formula is C13H16F3NO. The van der Waals surface area contributed by atoms with E-state index in [9.17, 15) is 13.2 Å². The number of alkyl halides is 3. The van der Waals surface area contributed by atoms with E-state index in [2.05, 4.69) is 4.74 Å². The van der Waals surface area contributed by atoms with Crippen LogP contribution in [-0.4, -0.2) is 11.9 Å². The van der Waals surface area contributed by atoms with Crippen molar-refractivity contribution in [2.24, 2.45) is 5.73 Å². The number of halogens is 3. The van der Waals surface area contributed by atoms with E-state index in [0.29, 0.717) is 6.42 Å². The Kier molecular flexibility index (Phi) is 3.27. The smallest absolute Gasteiger partial charge is 0.406 e. The average Bonchev–Trinajstić information content (AvgIpc) is 2.91. The molecular weight excluding hydrogens is 243 g/mol. The summed E-state index contributed by atoms with van der Waals surface area (Å²) in [6.07, 6.45) is -1.14. The summed E-state index contributed by atoms with van der Waals surface area (Å²) in [5.74, 6) is -0.153. The summed E-state index contributed by atoms with van der Waals surface area (Å²) >= 11 is 0. The number of hydrogen-bond acceptors (Lipinski definition) is 2. The fraction of sp³-hybridized carbons (Fsp3) is 0.538. The van der Waals surface area contributed by atoms with Crippen LogP contribution in [0.25, 0.3) is 0 Å². The van der Waals surface area contributed by atoms with Crippen LogP contribution in [0.4, 0.5) is 13.2 Å². The molecule has 0 aliphatic heterocycles. The highest BCUT2D eigenvalue weighted by molar-refractivity contribution is 5.34. The van der Waals surface area contributed by atoms with Gasteiger partial charge in [-0.15, -0.1) is 13.2 Å². The van der Waals surface area contributed by atoms with Gasteiger partial charge in [0, 0.05) is 5.54 Å². The topological polar surface area (TPSA) is 35.2 Å². The highest BCUT2D eigenvalue weighted by Gasteiger charge is 2.37. The molecule has 1 aliphatic rings. The molecule has 0 heterocycles. The average molecular weight is 259 g/mol. The van der Waals surface area contributed by atoms with Gasteiger partial charge in [0.05, 0.1) is 0 Å². The Morgan fingerprint density at radius 1 is 1.28 bits per heavy atom. The normalized spacial score (nSPS) is 17.6. The van der Waals surface area contributed by atoms with Crippen molar-refractivity contribution in [3.05, 3.63) is 29.3 Å². The molecule has 1 aliphatic carbocycles. The largest absolute Gasteiger partial charge is 0.573 e. The van der Waals surface area contributed by atoms with Crippen LogP contribution in [0, 0.1) is 6.92 Å². The minimum atomic E-state index is -4.64. The van der Waals surface area contributed by atoms with Crippen LogP contribution in [0.5, 0.6) is 5.75 Å². The molecule has 1 aromatic carbocycles. The van der Waals surface area contributed by atoms with Crippen molar-refractivity contribution in [1.82, 2.24) is 0 Å². The quantitative estimate of drug-likeness (QED) is 0.900. The summed E-state index contributed by atoms with van der Waals surface area (Å²) in [5, 5.41) is 0. The SMILES string of the molecule is Cc1cc(CCC2(N)CC2)cc(OC(F)(F)F)c1. The lowest BCUT2D eigenvalue weighted by molar-refractivity contribution is -0.274. The summed E-state index contributed by atoms with van der Waals surface area (Å²) in [6, 6.07) is 4.69. The first-order valence-electron chi connectivity index (χ1n) is 5.91. The molecule has 1 aromatic rings. The molecule has 2 N–H and O–H groups in total. The molecule has 0 radical (unpaired) electrons. The zero-order valence-electron chi connectivity index (χ0n) is 10.2. The van der Waals surface area contributed by atoms with Crippen molar-refractivity contribution in [1.29, 1.82) is 0 Å². The fourth-order valence-corrected chi connectivity index (χ4v) is 1.97. The lowest BCUT2D eigenvalue weighted by Crippen LogP contribution is -2.22. The van der Waals surface area contributed by atoms with Crippen molar-refractivity contribution >= 4 is 0 Å². The zero-order chi connectivity index (χ0) is 13.4. The second-order valence-electron chi connectivity index (χ2n) is 5.06. The van der Waals surface area contributed by atoms with E-state index in [-0.39, 0.29) is 11.3 Å². The molecule has 18 heavy (non-hydrogen) atoms. The van der Waals surface area contributed by atoms with Gasteiger partial charge in [0.1, 0.15) is 5.75 Å². The summed E-state index contributed by atoms with van der Waals surface area (Å²) in [4.78, 5) is 0. The molecule has 0 atom stereocenters. The van der Waals surface area contributed by atoms with E-state index in [4.69, 9.17) is 5.73 Å². The molecule has 5 heteroatoms. The van der Waals surface area contributed by atoms with Gasteiger partial charge in [0.15, 0.2) is 0 Å². The fourth-order valence-electron chi connectivity index (χ4n) is 1.97. The molecule has 2 rings (SSSR count). The van der Waals surface area contributed by atoms with E-state index in [1.165, 1.54) is 12.1 Å². The Morgan fingerprint density at radius 3 is 2.50 bits per heavy atom. The molecule has 0 spiro atoms. The Hall–Kier alpha value is -1.23. The van der Waals surface area contributed by atoms with Crippen LogP contribution >= 0.6 is 0 Å². The third-order valence-electron chi connectivity index (χ3n) is 3.15. The van der Waals surface area contributed by atoms with Crippen LogP contribution in [-0.2, 0) is 6.42 Å². The molecule has 0 unspecified atom stereocenters. The number of rotatable bonds is 4. The van der Waals surface area contributed by atoms with Gasteiger partial charge in [-0.3, -0.25) is 0 Å². The van der Waals surface area contributed by atoms with Gasteiger partial charge in [-0.25, -0.2) is 0 Å². The van der Waals surface area contributed by atoms with Crippen LogP contribution in [0.15, 0.2) is 18.2 Å². The maximum absolute atomic E-state index is 12.1. The van der Waals surface area contributed by atoms with Crippen LogP contribution < -0.4 is 10.5 Å². The van der Waals surface area contributed by atoms with E-state index in [0.717, 1.165) is 30.4 Å². The van der Waals surface area contributed by atoms with Gasteiger partial charge in [0.2, 0.25) is 0 Å². The molecule has 2 nitrogen and oxygen atoms in total. The standard InChI is InChI=1S/C13H16F3NO/c1-9-6-10(2-3-12(17)4-5-12)8-11(7-9)18-13(14,15)16/h6-8H,2-5,17H2,1H3. The molecule has 1 fully saturated rings. The second kappa shape index (κ2) is 4.46. The maximum Gasteiger partial charge on any atom is 0.573 e. The summed E-state index contributed by atoms with van der Waals surface area (Å²) < 4.78 is 40.4. The van der Waals surface area contributed by atoms with Gasteiger partial charge in [-0.1, -0.05) is 6.07 Å². The van der Waals surface area contributed by atoms with Gasteiger partial charge in [-0.05, 0) is 55.9 Å². The molecule has 1 saturated carbocycles. The predicted octanol–water partition coefficient (Wildman–Crippen LogP) is 3.32. The number of aryl methyl sites for hydroxylation is 2. The van der Waals surface area contributed by atoms with Crippen molar-refractivity contribution < 1.29 is 17.9 Å². The first-order valence-corrected chi connectivity index (χ1v) is 5.91. The van der Waals surface area contributed by atoms with E-state index in [1.807, 2.05) is 6.07 Å². The number of benzene rings is 1. The summed E-state index contributed by atoms with van der Waals surface area (Å²) in [6.45, 7) is 1.75. The molecule has 0 saturated heterocycles. The molecule has 0 aromatic heterocycles.